The monoisotopic (exact) mass is 284 g/mol. The van der Waals surface area contributed by atoms with Gasteiger partial charge in [-0.2, -0.15) is 9.60 Å². The van der Waals surface area contributed by atoms with Crippen molar-refractivity contribution >= 4 is 5.69 Å². The Morgan fingerprint density at radius 1 is 1.45 bits per heavy atom. The molecule has 8 nitrogen and oxygen atoms in total. The summed E-state index contributed by atoms with van der Waals surface area (Å²) in [5.41, 5.74) is -0.788. The Kier molecular flexibility index (Phi) is 3.94. The summed E-state index contributed by atoms with van der Waals surface area (Å²) in [5.74, 6) is -1.70. The summed E-state index contributed by atoms with van der Waals surface area (Å²) in [4.78, 5) is 9.70. The van der Waals surface area contributed by atoms with Gasteiger partial charge in [0.15, 0.2) is 5.82 Å². The average Bonchev–Trinajstić information content (AvgIpc) is 2.90. The van der Waals surface area contributed by atoms with Crippen molar-refractivity contribution in [1.29, 1.82) is 0 Å². The van der Waals surface area contributed by atoms with Crippen LogP contribution < -0.4 is 5.32 Å². The molecule has 0 aliphatic rings. The Labute approximate surface area is 111 Å². The highest BCUT2D eigenvalue weighted by molar-refractivity contribution is 5.37. The summed E-state index contributed by atoms with van der Waals surface area (Å²) in [7, 11) is 0. The molecule has 0 saturated carbocycles. The maximum Gasteiger partial charge on any atom is 0.305 e. The quantitative estimate of drug-likeness (QED) is 0.631. The molecule has 0 aliphatic heterocycles. The highest BCUT2D eigenvalue weighted by Gasteiger charge is 2.19. The highest BCUT2D eigenvalue weighted by atomic mass is 19.1. The van der Waals surface area contributed by atoms with Crippen LogP contribution >= 0.6 is 0 Å². The van der Waals surface area contributed by atoms with Gasteiger partial charge in [0, 0.05) is 24.2 Å². The molecular formula is C10H10F2N6O2. The molecule has 10 heteroatoms. The number of tetrazole rings is 1. The van der Waals surface area contributed by atoms with E-state index in [9.17, 15) is 18.9 Å². The van der Waals surface area contributed by atoms with Crippen molar-refractivity contribution in [2.75, 3.05) is 0 Å². The summed E-state index contributed by atoms with van der Waals surface area (Å²) in [6, 6.07) is 1.01. The SMILES string of the molecule is CC(NCc1cc([N+](=O)[O-])c(F)cc1F)c1nn[nH]n1. The number of rotatable bonds is 5. The number of hydrogen-bond acceptors (Lipinski definition) is 6. The van der Waals surface area contributed by atoms with Crippen molar-refractivity contribution in [3.05, 3.63) is 45.3 Å². The predicted octanol–water partition coefficient (Wildman–Crippen LogP) is 1.24. The largest absolute Gasteiger partial charge is 0.305 e. The van der Waals surface area contributed by atoms with Crippen LogP contribution in [-0.4, -0.2) is 25.5 Å². The molecule has 0 amide bonds. The minimum absolute atomic E-state index is 0.0200. The molecular weight excluding hydrogens is 274 g/mol. The van der Waals surface area contributed by atoms with Crippen LogP contribution in [0.5, 0.6) is 0 Å². The summed E-state index contributed by atoms with van der Waals surface area (Å²) in [5, 5.41) is 26.6. The normalized spacial score (nSPS) is 12.3. The molecule has 0 bridgehead atoms. The van der Waals surface area contributed by atoms with Crippen LogP contribution in [0.3, 0.4) is 0 Å². The lowest BCUT2D eigenvalue weighted by Crippen LogP contribution is -2.20. The van der Waals surface area contributed by atoms with E-state index in [1.54, 1.807) is 6.92 Å². The molecule has 1 aromatic heterocycles. The van der Waals surface area contributed by atoms with Gasteiger partial charge < -0.3 is 5.32 Å². The third-order valence-electron chi connectivity index (χ3n) is 2.66. The van der Waals surface area contributed by atoms with E-state index in [0.717, 1.165) is 6.07 Å². The lowest BCUT2D eigenvalue weighted by Gasteiger charge is -2.10. The number of nitrogens with one attached hydrogen (secondary N) is 2. The van der Waals surface area contributed by atoms with Crippen LogP contribution in [0.2, 0.25) is 0 Å². The minimum atomic E-state index is -1.21. The number of benzene rings is 1. The zero-order chi connectivity index (χ0) is 14.7. The zero-order valence-electron chi connectivity index (χ0n) is 10.3. The maximum atomic E-state index is 13.5. The van der Waals surface area contributed by atoms with E-state index in [1.807, 2.05) is 0 Å². The van der Waals surface area contributed by atoms with Gasteiger partial charge in [-0.05, 0) is 6.92 Å². The topological polar surface area (TPSA) is 110 Å². The second-order valence-corrected chi connectivity index (χ2v) is 4.02. The molecule has 0 aliphatic carbocycles. The summed E-state index contributed by atoms with van der Waals surface area (Å²) < 4.78 is 26.7. The lowest BCUT2D eigenvalue weighted by molar-refractivity contribution is -0.387. The summed E-state index contributed by atoms with van der Waals surface area (Å²) >= 11 is 0. The molecule has 0 spiro atoms. The Balaban J connectivity index is 2.13. The fourth-order valence-corrected chi connectivity index (χ4v) is 1.56. The van der Waals surface area contributed by atoms with Gasteiger partial charge in [0.2, 0.25) is 5.82 Å². The van der Waals surface area contributed by atoms with Crippen LogP contribution in [0.4, 0.5) is 14.5 Å². The smallest absolute Gasteiger partial charge is 0.303 e. The lowest BCUT2D eigenvalue weighted by atomic mass is 10.1. The first kappa shape index (κ1) is 13.9. The van der Waals surface area contributed by atoms with Crippen molar-refractivity contribution in [3.8, 4) is 0 Å². The van der Waals surface area contributed by atoms with Gasteiger partial charge in [-0.15, -0.1) is 10.2 Å². The second kappa shape index (κ2) is 5.65. The van der Waals surface area contributed by atoms with Crippen LogP contribution in [0, 0.1) is 21.7 Å². The van der Waals surface area contributed by atoms with E-state index in [2.05, 4.69) is 25.9 Å². The maximum absolute atomic E-state index is 13.5. The van der Waals surface area contributed by atoms with Gasteiger partial charge in [0.05, 0.1) is 11.0 Å². The molecule has 106 valence electrons. The molecule has 2 aromatic rings. The van der Waals surface area contributed by atoms with Gasteiger partial charge >= 0.3 is 5.69 Å². The van der Waals surface area contributed by atoms with Crippen molar-refractivity contribution in [3.63, 3.8) is 0 Å². The van der Waals surface area contributed by atoms with E-state index in [4.69, 9.17) is 0 Å². The third-order valence-corrected chi connectivity index (χ3v) is 2.66. The third kappa shape index (κ3) is 2.91. The number of nitro groups is 1. The Bertz CT molecular complexity index is 618. The molecule has 0 fully saturated rings. The Hall–Kier alpha value is -2.49. The molecule has 1 aromatic carbocycles. The first-order valence-corrected chi connectivity index (χ1v) is 5.58. The van der Waals surface area contributed by atoms with E-state index in [-0.39, 0.29) is 18.2 Å². The summed E-state index contributed by atoms with van der Waals surface area (Å²) in [6.07, 6.45) is 0. The standard InChI is InChI=1S/C10H10F2N6O2/c1-5(10-14-16-17-15-10)13-4-6-2-9(18(19)20)8(12)3-7(6)11/h2-3,5,13H,4H2,1H3,(H,14,15,16,17). The van der Waals surface area contributed by atoms with Gasteiger partial charge in [-0.3, -0.25) is 10.1 Å². The van der Waals surface area contributed by atoms with Gasteiger partial charge in [-0.1, -0.05) is 5.21 Å². The fraction of sp³-hybridized carbons (Fsp3) is 0.300. The Morgan fingerprint density at radius 3 is 2.80 bits per heavy atom. The average molecular weight is 284 g/mol. The number of hydrogen-bond donors (Lipinski definition) is 2. The zero-order valence-corrected chi connectivity index (χ0v) is 10.3. The van der Waals surface area contributed by atoms with Gasteiger partial charge in [0.25, 0.3) is 0 Å². The second-order valence-electron chi connectivity index (χ2n) is 4.02. The number of halogens is 2. The summed E-state index contributed by atoms with van der Waals surface area (Å²) in [6.45, 7) is 1.67. The molecule has 20 heavy (non-hydrogen) atoms. The van der Waals surface area contributed by atoms with Crippen molar-refractivity contribution in [2.24, 2.45) is 0 Å². The van der Waals surface area contributed by atoms with Crippen LogP contribution in [0.1, 0.15) is 24.4 Å². The molecule has 1 heterocycles. The van der Waals surface area contributed by atoms with Crippen molar-refractivity contribution in [1.82, 2.24) is 25.9 Å². The number of aromatic amines is 1. The van der Waals surface area contributed by atoms with E-state index >= 15 is 0 Å². The molecule has 2 N–H and O–H groups in total. The highest BCUT2D eigenvalue weighted by Crippen LogP contribution is 2.22. The molecule has 1 atom stereocenters. The van der Waals surface area contributed by atoms with Crippen molar-refractivity contribution in [2.45, 2.75) is 19.5 Å². The first-order chi connectivity index (χ1) is 9.49. The number of nitrogens with zero attached hydrogens (tertiary/aromatic N) is 4. The minimum Gasteiger partial charge on any atom is -0.303 e. The fourth-order valence-electron chi connectivity index (χ4n) is 1.56. The first-order valence-electron chi connectivity index (χ1n) is 5.58. The molecule has 1 unspecified atom stereocenters. The van der Waals surface area contributed by atoms with Crippen LogP contribution in [0.25, 0.3) is 0 Å². The van der Waals surface area contributed by atoms with Gasteiger partial charge in [-0.25, -0.2) is 4.39 Å². The number of nitro benzene ring substituents is 1. The van der Waals surface area contributed by atoms with E-state index in [0.29, 0.717) is 11.9 Å². The molecule has 2 rings (SSSR count). The van der Waals surface area contributed by atoms with E-state index in [1.165, 1.54) is 0 Å². The molecule has 0 radical (unpaired) electrons. The van der Waals surface area contributed by atoms with Crippen LogP contribution in [-0.2, 0) is 6.54 Å². The number of H-pyrrole nitrogens is 1. The van der Waals surface area contributed by atoms with E-state index < -0.39 is 22.2 Å². The Morgan fingerprint density at radius 2 is 2.20 bits per heavy atom. The van der Waals surface area contributed by atoms with Gasteiger partial charge in [0.1, 0.15) is 5.82 Å². The number of aromatic nitrogens is 4. The van der Waals surface area contributed by atoms with Crippen LogP contribution in [0.15, 0.2) is 12.1 Å². The predicted molar refractivity (Wildman–Crippen MR) is 62.4 cm³/mol. The van der Waals surface area contributed by atoms with Crippen molar-refractivity contribution < 1.29 is 13.7 Å². The molecule has 0 saturated heterocycles.